The van der Waals surface area contributed by atoms with Crippen molar-refractivity contribution in [3.63, 3.8) is 0 Å². The van der Waals surface area contributed by atoms with Gasteiger partial charge in [-0.25, -0.2) is 8.78 Å². The van der Waals surface area contributed by atoms with Gasteiger partial charge in [0.05, 0.1) is 6.10 Å². The van der Waals surface area contributed by atoms with Gasteiger partial charge in [0, 0.05) is 15.4 Å². The normalized spacial score (nSPS) is 12.5. The summed E-state index contributed by atoms with van der Waals surface area (Å²) in [6, 6.07) is 7.36. The Balaban J connectivity index is 2.25. The maximum absolute atomic E-state index is 13.2. The summed E-state index contributed by atoms with van der Waals surface area (Å²) in [5.41, 5.74) is 2.29. The highest BCUT2D eigenvalue weighted by Crippen LogP contribution is 2.31. The minimum Gasteiger partial charge on any atom is -0.388 e. The molecule has 5 heteroatoms. The molecule has 1 N–H and O–H groups in total. The van der Waals surface area contributed by atoms with Gasteiger partial charge >= 0.3 is 0 Å². The number of rotatable bonds is 3. The van der Waals surface area contributed by atoms with E-state index in [0.717, 1.165) is 26.6 Å². The Bertz CT molecular complexity index is 644. The van der Waals surface area contributed by atoms with Crippen molar-refractivity contribution in [2.45, 2.75) is 19.4 Å². The molecule has 2 rings (SSSR count). The summed E-state index contributed by atoms with van der Waals surface area (Å²) in [5, 5.41) is 10.3. The smallest absolute Gasteiger partial charge is 0.159 e. The standard InChI is InChI=1S/C15H12Br2F2O/c1-8-4-12(17)10(7-11(8)16)15(20)6-9-2-3-13(18)14(19)5-9/h2-5,7,15,20H,6H2,1H3. The first kappa shape index (κ1) is 15.6. The van der Waals surface area contributed by atoms with Crippen molar-refractivity contribution in [2.75, 3.05) is 0 Å². The van der Waals surface area contributed by atoms with Gasteiger partial charge in [-0.05, 0) is 47.9 Å². The van der Waals surface area contributed by atoms with Gasteiger partial charge in [0.2, 0.25) is 0 Å². The molecular weight excluding hydrogens is 394 g/mol. The van der Waals surface area contributed by atoms with Crippen LogP contribution in [0.25, 0.3) is 0 Å². The van der Waals surface area contributed by atoms with Gasteiger partial charge in [0.25, 0.3) is 0 Å². The molecule has 0 aromatic heterocycles. The summed E-state index contributed by atoms with van der Waals surface area (Å²) < 4.78 is 27.7. The average Bonchev–Trinajstić information content (AvgIpc) is 2.38. The summed E-state index contributed by atoms with van der Waals surface area (Å²) >= 11 is 6.82. The molecule has 0 fully saturated rings. The molecule has 1 unspecified atom stereocenters. The lowest BCUT2D eigenvalue weighted by Crippen LogP contribution is -2.04. The van der Waals surface area contributed by atoms with Crippen molar-refractivity contribution >= 4 is 31.9 Å². The van der Waals surface area contributed by atoms with E-state index < -0.39 is 17.7 Å². The van der Waals surface area contributed by atoms with E-state index in [1.165, 1.54) is 6.07 Å². The fourth-order valence-electron chi connectivity index (χ4n) is 1.92. The van der Waals surface area contributed by atoms with Gasteiger partial charge in [-0.15, -0.1) is 0 Å². The van der Waals surface area contributed by atoms with Crippen LogP contribution in [0.2, 0.25) is 0 Å². The van der Waals surface area contributed by atoms with Crippen LogP contribution in [-0.2, 0) is 6.42 Å². The Kier molecular flexibility index (Phi) is 4.94. The SMILES string of the molecule is Cc1cc(Br)c(C(O)Cc2ccc(F)c(F)c2)cc1Br. The predicted octanol–water partition coefficient (Wildman–Crippen LogP) is 5.07. The highest BCUT2D eigenvalue weighted by Gasteiger charge is 2.15. The summed E-state index contributed by atoms with van der Waals surface area (Å²) in [6.45, 7) is 1.94. The number of hydrogen-bond acceptors (Lipinski definition) is 1. The zero-order valence-electron chi connectivity index (χ0n) is 10.6. The van der Waals surface area contributed by atoms with Crippen LogP contribution in [0.5, 0.6) is 0 Å². The lowest BCUT2D eigenvalue weighted by molar-refractivity contribution is 0.177. The van der Waals surface area contributed by atoms with Crippen LogP contribution in [0.15, 0.2) is 39.3 Å². The molecule has 0 radical (unpaired) electrons. The topological polar surface area (TPSA) is 20.2 Å². The molecule has 1 atom stereocenters. The molecule has 0 heterocycles. The van der Waals surface area contributed by atoms with E-state index in [1.807, 2.05) is 19.1 Å². The van der Waals surface area contributed by atoms with Crippen LogP contribution in [0.1, 0.15) is 22.8 Å². The second-order valence-corrected chi connectivity index (χ2v) is 6.30. The minimum absolute atomic E-state index is 0.214. The van der Waals surface area contributed by atoms with E-state index >= 15 is 0 Å². The second kappa shape index (κ2) is 6.33. The quantitative estimate of drug-likeness (QED) is 0.755. The lowest BCUT2D eigenvalue weighted by Gasteiger charge is -2.15. The molecule has 0 saturated carbocycles. The average molecular weight is 406 g/mol. The third-order valence-electron chi connectivity index (χ3n) is 3.05. The lowest BCUT2D eigenvalue weighted by atomic mass is 10.0. The summed E-state index contributed by atoms with van der Waals surface area (Å²) in [6.07, 6.45) is -0.586. The molecular formula is C15H12Br2F2O. The predicted molar refractivity (Wildman–Crippen MR) is 81.6 cm³/mol. The molecule has 0 bridgehead atoms. The highest BCUT2D eigenvalue weighted by atomic mass is 79.9. The van der Waals surface area contributed by atoms with Crippen LogP contribution >= 0.6 is 31.9 Å². The zero-order valence-corrected chi connectivity index (χ0v) is 13.8. The van der Waals surface area contributed by atoms with E-state index in [4.69, 9.17) is 0 Å². The fraction of sp³-hybridized carbons (Fsp3) is 0.200. The molecule has 0 spiro atoms. The van der Waals surface area contributed by atoms with Gasteiger partial charge in [-0.2, -0.15) is 0 Å². The Morgan fingerprint density at radius 3 is 2.40 bits per heavy atom. The van der Waals surface area contributed by atoms with Gasteiger partial charge < -0.3 is 5.11 Å². The molecule has 1 nitrogen and oxygen atoms in total. The van der Waals surface area contributed by atoms with Crippen molar-refractivity contribution in [3.8, 4) is 0 Å². The first-order valence-electron chi connectivity index (χ1n) is 5.96. The summed E-state index contributed by atoms with van der Waals surface area (Å²) in [4.78, 5) is 0. The first-order chi connectivity index (χ1) is 9.38. The minimum atomic E-state index is -0.904. The van der Waals surface area contributed by atoms with Gasteiger partial charge in [0.15, 0.2) is 11.6 Å². The van der Waals surface area contributed by atoms with E-state index in [1.54, 1.807) is 0 Å². The van der Waals surface area contributed by atoms with Crippen molar-refractivity contribution in [1.29, 1.82) is 0 Å². The maximum Gasteiger partial charge on any atom is 0.159 e. The van der Waals surface area contributed by atoms with Gasteiger partial charge in [-0.3, -0.25) is 0 Å². The Morgan fingerprint density at radius 2 is 1.75 bits per heavy atom. The van der Waals surface area contributed by atoms with Crippen molar-refractivity contribution in [1.82, 2.24) is 0 Å². The molecule has 106 valence electrons. The van der Waals surface area contributed by atoms with Crippen LogP contribution in [0.4, 0.5) is 8.78 Å². The number of halogens is 4. The maximum atomic E-state index is 13.2. The molecule has 0 amide bonds. The van der Waals surface area contributed by atoms with Crippen molar-refractivity contribution in [2.24, 2.45) is 0 Å². The summed E-state index contributed by atoms with van der Waals surface area (Å²) in [5.74, 6) is -1.79. The van der Waals surface area contributed by atoms with Crippen LogP contribution in [0.3, 0.4) is 0 Å². The molecule has 0 saturated heterocycles. The second-order valence-electron chi connectivity index (χ2n) is 4.59. The Hall–Kier alpha value is -0.780. The number of aliphatic hydroxyl groups is 1. The van der Waals surface area contributed by atoms with Crippen molar-refractivity contribution < 1.29 is 13.9 Å². The van der Waals surface area contributed by atoms with Gasteiger partial charge in [0.1, 0.15) is 0 Å². The molecule has 0 aliphatic carbocycles. The third kappa shape index (κ3) is 3.45. The zero-order chi connectivity index (χ0) is 14.9. The number of benzene rings is 2. The Labute approximate surface area is 132 Å². The number of aliphatic hydroxyl groups excluding tert-OH is 1. The number of aryl methyl sites for hydroxylation is 1. The molecule has 2 aromatic carbocycles. The largest absolute Gasteiger partial charge is 0.388 e. The van der Waals surface area contributed by atoms with E-state index in [9.17, 15) is 13.9 Å². The highest BCUT2D eigenvalue weighted by molar-refractivity contribution is 9.11. The van der Waals surface area contributed by atoms with E-state index in [2.05, 4.69) is 31.9 Å². The Morgan fingerprint density at radius 1 is 1.05 bits per heavy atom. The third-order valence-corrected chi connectivity index (χ3v) is 4.59. The molecule has 0 aliphatic rings. The van der Waals surface area contributed by atoms with Gasteiger partial charge in [-0.1, -0.05) is 37.9 Å². The number of hydrogen-bond donors (Lipinski definition) is 1. The van der Waals surface area contributed by atoms with E-state index in [0.29, 0.717) is 11.1 Å². The fourth-order valence-corrected chi connectivity index (χ4v) is 3.00. The monoisotopic (exact) mass is 404 g/mol. The first-order valence-corrected chi connectivity index (χ1v) is 7.54. The van der Waals surface area contributed by atoms with Crippen LogP contribution in [0, 0.1) is 18.6 Å². The van der Waals surface area contributed by atoms with Crippen molar-refractivity contribution in [3.05, 3.63) is 67.6 Å². The van der Waals surface area contributed by atoms with E-state index in [-0.39, 0.29) is 6.42 Å². The molecule has 2 aromatic rings. The molecule has 20 heavy (non-hydrogen) atoms. The summed E-state index contributed by atoms with van der Waals surface area (Å²) in [7, 11) is 0. The van der Waals surface area contributed by atoms with Crippen LogP contribution in [-0.4, -0.2) is 5.11 Å². The van der Waals surface area contributed by atoms with Crippen LogP contribution < -0.4 is 0 Å². The molecule has 0 aliphatic heterocycles.